The standard InChI is InChI=1S/C13H15N2/c14-13(12-7-3-1-4-8-12)11-15-9-5-2-6-10-15/h1-10,13H,11,14H2/q+1/t13-/m1/s1. The Hall–Kier alpha value is -1.67. The molecule has 2 aromatic rings. The van der Waals surface area contributed by atoms with Crippen molar-refractivity contribution in [3.8, 4) is 0 Å². The highest BCUT2D eigenvalue weighted by molar-refractivity contribution is 5.17. The van der Waals surface area contributed by atoms with Crippen LogP contribution in [0, 0.1) is 0 Å². The second-order valence-electron chi connectivity index (χ2n) is 3.59. The molecule has 2 N–H and O–H groups in total. The molecule has 2 heteroatoms. The lowest BCUT2D eigenvalue weighted by atomic mass is 10.1. The number of aromatic nitrogens is 1. The van der Waals surface area contributed by atoms with Crippen LogP contribution >= 0.6 is 0 Å². The van der Waals surface area contributed by atoms with Gasteiger partial charge in [0.15, 0.2) is 18.9 Å². The quantitative estimate of drug-likeness (QED) is 0.749. The Balaban J connectivity index is 2.08. The van der Waals surface area contributed by atoms with Gasteiger partial charge in [-0.15, -0.1) is 0 Å². The first-order valence-electron chi connectivity index (χ1n) is 5.11. The van der Waals surface area contributed by atoms with Gasteiger partial charge in [-0.25, -0.2) is 4.57 Å². The van der Waals surface area contributed by atoms with Crippen LogP contribution in [0.1, 0.15) is 11.6 Å². The van der Waals surface area contributed by atoms with E-state index in [1.807, 2.05) is 48.8 Å². The zero-order chi connectivity index (χ0) is 10.5. The van der Waals surface area contributed by atoms with E-state index in [-0.39, 0.29) is 6.04 Å². The predicted octanol–water partition coefficient (Wildman–Crippen LogP) is 1.67. The van der Waals surface area contributed by atoms with Gasteiger partial charge >= 0.3 is 0 Å². The molecular weight excluding hydrogens is 184 g/mol. The van der Waals surface area contributed by atoms with Crippen molar-refractivity contribution in [3.05, 3.63) is 66.5 Å². The molecule has 1 atom stereocenters. The maximum Gasteiger partial charge on any atom is 0.168 e. The summed E-state index contributed by atoms with van der Waals surface area (Å²) < 4.78 is 2.09. The fraction of sp³-hybridized carbons (Fsp3) is 0.154. The van der Waals surface area contributed by atoms with Crippen LogP contribution < -0.4 is 10.3 Å². The third-order valence-corrected chi connectivity index (χ3v) is 2.41. The monoisotopic (exact) mass is 199 g/mol. The van der Waals surface area contributed by atoms with Gasteiger partial charge in [-0.05, 0) is 5.56 Å². The Kier molecular flexibility index (Phi) is 3.10. The Morgan fingerprint density at radius 3 is 2.20 bits per heavy atom. The Morgan fingerprint density at radius 2 is 1.53 bits per heavy atom. The lowest BCUT2D eigenvalue weighted by Crippen LogP contribution is -2.38. The van der Waals surface area contributed by atoms with Crippen LogP contribution in [0.15, 0.2) is 60.9 Å². The highest BCUT2D eigenvalue weighted by atomic mass is 15.0. The zero-order valence-electron chi connectivity index (χ0n) is 8.58. The number of pyridine rings is 1. The van der Waals surface area contributed by atoms with Crippen LogP contribution in [0.2, 0.25) is 0 Å². The number of benzene rings is 1. The van der Waals surface area contributed by atoms with E-state index in [1.165, 1.54) is 5.56 Å². The van der Waals surface area contributed by atoms with Crippen molar-refractivity contribution in [2.45, 2.75) is 12.6 Å². The number of nitrogens with zero attached hydrogens (tertiary/aromatic N) is 1. The molecule has 0 radical (unpaired) electrons. The molecule has 2 nitrogen and oxygen atoms in total. The average Bonchev–Trinajstić information content (AvgIpc) is 2.31. The summed E-state index contributed by atoms with van der Waals surface area (Å²) in [6.45, 7) is 0.810. The second-order valence-corrected chi connectivity index (χ2v) is 3.59. The Morgan fingerprint density at radius 1 is 0.933 bits per heavy atom. The lowest BCUT2D eigenvalue weighted by Gasteiger charge is -2.07. The van der Waals surface area contributed by atoms with Crippen molar-refractivity contribution in [1.29, 1.82) is 0 Å². The second kappa shape index (κ2) is 4.71. The van der Waals surface area contributed by atoms with Gasteiger partial charge in [0.05, 0.1) is 6.04 Å². The van der Waals surface area contributed by atoms with Crippen molar-refractivity contribution in [3.63, 3.8) is 0 Å². The summed E-state index contributed by atoms with van der Waals surface area (Å²) in [5.41, 5.74) is 7.28. The number of rotatable bonds is 3. The van der Waals surface area contributed by atoms with E-state index in [4.69, 9.17) is 5.73 Å². The summed E-state index contributed by atoms with van der Waals surface area (Å²) >= 11 is 0. The maximum absolute atomic E-state index is 6.11. The average molecular weight is 199 g/mol. The minimum Gasteiger partial charge on any atom is -0.319 e. The van der Waals surface area contributed by atoms with Gasteiger partial charge in [0, 0.05) is 12.1 Å². The summed E-state index contributed by atoms with van der Waals surface area (Å²) in [6, 6.07) is 16.3. The first kappa shape index (κ1) is 9.87. The highest BCUT2D eigenvalue weighted by Crippen LogP contribution is 2.08. The van der Waals surface area contributed by atoms with Crippen LogP contribution in [0.3, 0.4) is 0 Å². The van der Waals surface area contributed by atoms with Crippen LogP contribution in [-0.2, 0) is 6.54 Å². The molecule has 0 spiro atoms. The normalized spacial score (nSPS) is 12.3. The fourth-order valence-electron chi connectivity index (χ4n) is 1.59. The van der Waals surface area contributed by atoms with E-state index in [1.54, 1.807) is 0 Å². The van der Waals surface area contributed by atoms with Crippen LogP contribution in [0.5, 0.6) is 0 Å². The molecule has 1 aromatic carbocycles. The van der Waals surface area contributed by atoms with Gasteiger partial charge in [-0.3, -0.25) is 0 Å². The Bertz CT molecular complexity index is 397. The van der Waals surface area contributed by atoms with Gasteiger partial charge in [0.1, 0.15) is 0 Å². The summed E-state index contributed by atoms with van der Waals surface area (Å²) in [4.78, 5) is 0. The molecule has 0 fully saturated rings. The maximum atomic E-state index is 6.11. The minimum atomic E-state index is 0.0543. The molecule has 1 heterocycles. The zero-order valence-corrected chi connectivity index (χ0v) is 8.58. The molecule has 0 saturated carbocycles. The van der Waals surface area contributed by atoms with Crippen LogP contribution in [-0.4, -0.2) is 0 Å². The molecule has 2 rings (SSSR count). The molecule has 0 amide bonds. The molecule has 0 aliphatic carbocycles. The van der Waals surface area contributed by atoms with E-state index < -0.39 is 0 Å². The van der Waals surface area contributed by atoms with Crippen molar-refractivity contribution in [2.24, 2.45) is 5.73 Å². The van der Waals surface area contributed by atoms with E-state index in [9.17, 15) is 0 Å². The number of nitrogens with two attached hydrogens (primary N) is 1. The van der Waals surface area contributed by atoms with Gasteiger partial charge in [0.2, 0.25) is 0 Å². The largest absolute Gasteiger partial charge is 0.319 e. The SMILES string of the molecule is N[C@H](C[n+]1ccccc1)c1ccccc1. The molecule has 0 saturated heterocycles. The first-order valence-corrected chi connectivity index (χ1v) is 5.11. The first-order chi connectivity index (χ1) is 7.36. The topological polar surface area (TPSA) is 29.9 Å². The van der Waals surface area contributed by atoms with E-state index in [0.717, 1.165) is 6.54 Å². The third kappa shape index (κ3) is 2.64. The van der Waals surface area contributed by atoms with Gasteiger partial charge in [-0.1, -0.05) is 36.4 Å². The van der Waals surface area contributed by atoms with Crippen molar-refractivity contribution < 1.29 is 4.57 Å². The summed E-state index contributed by atoms with van der Waals surface area (Å²) in [7, 11) is 0. The number of hydrogen-bond donors (Lipinski definition) is 1. The van der Waals surface area contributed by atoms with Crippen molar-refractivity contribution in [2.75, 3.05) is 0 Å². The molecule has 0 bridgehead atoms. The molecule has 1 aromatic heterocycles. The Labute approximate surface area is 90.0 Å². The third-order valence-electron chi connectivity index (χ3n) is 2.41. The van der Waals surface area contributed by atoms with E-state index >= 15 is 0 Å². The molecule has 15 heavy (non-hydrogen) atoms. The molecule has 0 unspecified atom stereocenters. The smallest absolute Gasteiger partial charge is 0.168 e. The summed E-state index contributed by atoms with van der Waals surface area (Å²) in [6.07, 6.45) is 4.06. The van der Waals surface area contributed by atoms with Crippen LogP contribution in [0.25, 0.3) is 0 Å². The molecular formula is C13H15N2+. The van der Waals surface area contributed by atoms with Gasteiger partial charge in [0.25, 0.3) is 0 Å². The number of hydrogen-bond acceptors (Lipinski definition) is 1. The van der Waals surface area contributed by atoms with Crippen LogP contribution in [0.4, 0.5) is 0 Å². The predicted molar refractivity (Wildman–Crippen MR) is 60.0 cm³/mol. The molecule has 76 valence electrons. The molecule has 0 aliphatic rings. The van der Waals surface area contributed by atoms with Crippen molar-refractivity contribution >= 4 is 0 Å². The summed E-state index contributed by atoms with van der Waals surface area (Å²) in [5, 5.41) is 0. The lowest BCUT2D eigenvalue weighted by molar-refractivity contribution is -0.699. The van der Waals surface area contributed by atoms with E-state index in [0.29, 0.717) is 0 Å². The van der Waals surface area contributed by atoms with E-state index in [2.05, 4.69) is 16.7 Å². The minimum absolute atomic E-state index is 0.0543. The highest BCUT2D eigenvalue weighted by Gasteiger charge is 2.10. The fourth-order valence-corrected chi connectivity index (χ4v) is 1.59. The van der Waals surface area contributed by atoms with Crippen molar-refractivity contribution in [1.82, 2.24) is 0 Å². The van der Waals surface area contributed by atoms with Gasteiger partial charge in [-0.2, -0.15) is 0 Å². The van der Waals surface area contributed by atoms with Gasteiger partial charge < -0.3 is 5.73 Å². The molecule has 0 aliphatic heterocycles. The summed E-state index contributed by atoms with van der Waals surface area (Å²) in [5.74, 6) is 0.